The van der Waals surface area contributed by atoms with Gasteiger partial charge in [0, 0.05) is 29.7 Å². The Labute approximate surface area is 121 Å². The van der Waals surface area contributed by atoms with E-state index in [1.54, 1.807) is 24.4 Å². The second-order valence-electron chi connectivity index (χ2n) is 5.26. The van der Waals surface area contributed by atoms with E-state index in [4.69, 9.17) is 5.11 Å². The van der Waals surface area contributed by atoms with Gasteiger partial charge in [-0.3, -0.25) is 9.78 Å². The van der Waals surface area contributed by atoms with Crippen LogP contribution in [0.1, 0.15) is 12.8 Å². The van der Waals surface area contributed by atoms with Crippen LogP contribution in [0, 0.1) is 5.41 Å². The molecule has 3 rings (SSSR count). The van der Waals surface area contributed by atoms with Gasteiger partial charge in [-0.05, 0) is 25.0 Å². The van der Waals surface area contributed by atoms with Crippen molar-refractivity contribution >= 4 is 26.8 Å². The summed E-state index contributed by atoms with van der Waals surface area (Å²) in [6.07, 6.45) is 4.13. The Kier molecular flexibility index (Phi) is 3.18. The number of nitrogens with zero attached hydrogens (tertiary/aromatic N) is 1. The Balaban J connectivity index is 1.92. The van der Waals surface area contributed by atoms with Gasteiger partial charge in [0.2, 0.25) is 10.0 Å². The summed E-state index contributed by atoms with van der Waals surface area (Å²) in [6.45, 7) is -0.0772. The van der Waals surface area contributed by atoms with Gasteiger partial charge in [0.1, 0.15) is 0 Å². The summed E-state index contributed by atoms with van der Waals surface area (Å²) in [7, 11) is -3.75. The summed E-state index contributed by atoms with van der Waals surface area (Å²) >= 11 is 0. The average molecular weight is 306 g/mol. The fourth-order valence-electron chi connectivity index (χ4n) is 2.26. The molecule has 1 heterocycles. The number of hydrogen-bond acceptors (Lipinski definition) is 4. The number of carboxylic acids is 1. The summed E-state index contributed by atoms with van der Waals surface area (Å²) in [5.74, 6) is -0.952. The Morgan fingerprint density at radius 3 is 2.76 bits per heavy atom. The molecule has 0 bridgehead atoms. The summed E-state index contributed by atoms with van der Waals surface area (Å²) in [4.78, 5) is 15.2. The molecule has 0 unspecified atom stereocenters. The molecule has 2 aromatic rings. The van der Waals surface area contributed by atoms with Gasteiger partial charge < -0.3 is 5.11 Å². The van der Waals surface area contributed by atoms with Gasteiger partial charge >= 0.3 is 5.97 Å². The third-order valence-electron chi connectivity index (χ3n) is 3.84. The van der Waals surface area contributed by atoms with Crippen LogP contribution in [0.4, 0.5) is 0 Å². The fraction of sp³-hybridized carbons (Fsp3) is 0.286. The number of sulfonamides is 1. The first-order valence-electron chi connectivity index (χ1n) is 6.50. The van der Waals surface area contributed by atoms with Crippen molar-refractivity contribution in [3.05, 3.63) is 36.7 Å². The molecule has 0 amide bonds. The molecule has 0 radical (unpaired) electrons. The third-order valence-corrected chi connectivity index (χ3v) is 5.30. The van der Waals surface area contributed by atoms with Crippen molar-refractivity contribution in [2.24, 2.45) is 5.41 Å². The predicted molar refractivity (Wildman–Crippen MR) is 76.2 cm³/mol. The summed E-state index contributed by atoms with van der Waals surface area (Å²) < 4.78 is 27.3. The van der Waals surface area contributed by atoms with Crippen molar-refractivity contribution in [3.63, 3.8) is 0 Å². The normalized spacial score (nSPS) is 16.8. The van der Waals surface area contributed by atoms with Crippen LogP contribution in [0.5, 0.6) is 0 Å². The van der Waals surface area contributed by atoms with E-state index >= 15 is 0 Å². The third kappa shape index (κ3) is 2.50. The summed E-state index contributed by atoms with van der Waals surface area (Å²) in [5, 5.41) is 10.4. The molecule has 0 spiro atoms. The van der Waals surface area contributed by atoms with Crippen LogP contribution < -0.4 is 4.72 Å². The quantitative estimate of drug-likeness (QED) is 0.870. The number of aliphatic carboxylic acids is 1. The molecule has 1 aliphatic carbocycles. The monoisotopic (exact) mass is 306 g/mol. The van der Waals surface area contributed by atoms with E-state index in [0.29, 0.717) is 18.2 Å². The van der Waals surface area contributed by atoms with Crippen molar-refractivity contribution in [2.75, 3.05) is 6.54 Å². The number of carbonyl (C=O) groups is 1. The van der Waals surface area contributed by atoms with Crippen LogP contribution in [-0.4, -0.2) is 31.0 Å². The molecule has 6 nitrogen and oxygen atoms in total. The van der Waals surface area contributed by atoms with Crippen LogP contribution in [0.15, 0.2) is 41.6 Å². The number of fused-ring (bicyclic) bond motifs is 1. The van der Waals surface area contributed by atoms with Crippen molar-refractivity contribution in [1.82, 2.24) is 9.71 Å². The molecular formula is C14H14N2O4S. The van der Waals surface area contributed by atoms with Crippen LogP contribution >= 0.6 is 0 Å². The Morgan fingerprint density at radius 1 is 1.33 bits per heavy atom. The zero-order chi connectivity index (χ0) is 15.1. The Hall–Kier alpha value is -1.99. The first-order valence-corrected chi connectivity index (χ1v) is 7.99. The van der Waals surface area contributed by atoms with Gasteiger partial charge in [0.05, 0.1) is 10.3 Å². The highest BCUT2D eigenvalue weighted by atomic mass is 32.2. The van der Waals surface area contributed by atoms with Gasteiger partial charge in [0.15, 0.2) is 0 Å². The first-order chi connectivity index (χ1) is 9.95. The van der Waals surface area contributed by atoms with E-state index < -0.39 is 21.4 Å². The molecule has 0 aliphatic heterocycles. The number of hydrogen-bond donors (Lipinski definition) is 2. The topological polar surface area (TPSA) is 96.4 Å². The van der Waals surface area contributed by atoms with E-state index in [2.05, 4.69) is 9.71 Å². The molecule has 2 N–H and O–H groups in total. The Bertz CT molecular complexity index is 807. The summed E-state index contributed by atoms with van der Waals surface area (Å²) in [6, 6.07) is 6.56. The molecule has 7 heteroatoms. The minimum absolute atomic E-state index is 0.0772. The SMILES string of the molecule is O=C(O)C1(CNS(=O)(=O)c2cccc3cnccc23)CC1. The smallest absolute Gasteiger partial charge is 0.310 e. The van der Waals surface area contributed by atoms with E-state index in [9.17, 15) is 13.2 Å². The van der Waals surface area contributed by atoms with E-state index in [1.165, 1.54) is 12.3 Å². The maximum Gasteiger partial charge on any atom is 0.310 e. The maximum atomic E-state index is 12.4. The fourth-order valence-corrected chi connectivity index (χ4v) is 3.61. The predicted octanol–water partition coefficient (Wildman–Crippen LogP) is 1.38. The minimum Gasteiger partial charge on any atom is -0.481 e. The molecular weight excluding hydrogens is 292 g/mol. The van der Waals surface area contributed by atoms with Crippen molar-refractivity contribution < 1.29 is 18.3 Å². The van der Waals surface area contributed by atoms with Gasteiger partial charge in [-0.25, -0.2) is 13.1 Å². The second-order valence-corrected chi connectivity index (χ2v) is 7.00. The maximum absolute atomic E-state index is 12.4. The molecule has 1 aromatic heterocycles. The lowest BCUT2D eigenvalue weighted by atomic mass is 10.1. The Morgan fingerprint density at radius 2 is 2.10 bits per heavy atom. The van der Waals surface area contributed by atoms with E-state index in [0.717, 1.165) is 5.39 Å². The average Bonchev–Trinajstić information content (AvgIpc) is 3.26. The van der Waals surface area contributed by atoms with Crippen molar-refractivity contribution in [2.45, 2.75) is 17.7 Å². The van der Waals surface area contributed by atoms with Crippen LogP contribution in [0.3, 0.4) is 0 Å². The molecule has 1 aromatic carbocycles. The lowest BCUT2D eigenvalue weighted by Gasteiger charge is -2.13. The molecule has 1 saturated carbocycles. The lowest BCUT2D eigenvalue weighted by molar-refractivity contribution is -0.143. The zero-order valence-corrected chi connectivity index (χ0v) is 11.9. The summed E-state index contributed by atoms with van der Waals surface area (Å²) in [5.41, 5.74) is -0.931. The van der Waals surface area contributed by atoms with Crippen molar-refractivity contribution in [1.29, 1.82) is 0 Å². The molecule has 0 atom stereocenters. The highest BCUT2D eigenvalue weighted by Gasteiger charge is 2.50. The number of pyridine rings is 1. The zero-order valence-electron chi connectivity index (χ0n) is 11.1. The molecule has 1 aliphatic rings. The van der Waals surface area contributed by atoms with Gasteiger partial charge in [-0.1, -0.05) is 12.1 Å². The largest absolute Gasteiger partial charge is 0.481 e. The number of benzene rings is 1. The van der Waals surface area contributed by atoms with Gasteiger partial charge in [0.25, 0.3) is 0 Å². The van der Waals surface area contributed by atoms with Gasteiger partial charge in [-0.2, -0.15) is 0 Å². The highest BCUT2D eigenvalue weighted by Crippen LogP contribution is 2.45. The van der Waals surface area contributed by atoms with Gasteiger partial charge in [-0.15, -0.1) is 0 Å². The molecule has 1 fully saturated rings. The molecule has 21 heavy (non-hydrogen) atoms. The van der Waals surface area contributed by atoms with Crippen LogP contribution in [0.25, 0.3) is 10.8 Å². The van der Waals surface area contributed by atoms with E-state index in [-0.39, 0.29) is 11.4 Å². The van der Waals surface area contributed by atoms with Crippen LogP contribution in [-0.2, 0) is 14.8 Å². The van der Waals surface area contributed by atoms with E-state index in [1.807, 2.05) is 0 Å². The number of aromatic nitrogens is 1. The number of rotatable bonds is 5. The first kappa shape index (κ1) is 14.0. The number of nitrogens with one attached hydrogen (secondary N) is 1. The highest BCUT2D eigenvalue weighted by molar-refractivity contribution is 7.89. The second kappa shape index (κ2) is 4.78. The standard InChI is InChI=1S/C14H14N2O4S/c17-13(18)14(5-6-14)9-16-21(19,20)12-3-1-2-10-8-15-7-4-11(10)12/h1-4,7-8,16H,5-6,9H2,(H,17,18). The van der Waals surface area contributed by atoms with Crippen LogP contribution in [0.2, 0.25) is 0 Å². The van der Waals surface area contributed by atoms with Crippen molar-refractivity contribution in [3.8, 4) is 0 Å². The molecule has 110 valence electrons. The minimum atomic E-state index is -3.75. The lowest BCUT2D eigenvalue weighted by Crippen LogP contribution is -2.34. The number of carboxylic acid groups (broad SMARTS) is 1. The molecule has 0 saturated heterocycles.